The number of nitrogens with one attached hydrogen (secondary N) is 1. The molecule has 0 heterocycles. The fraction of sp³-hybridized carbons (Fsp3) is 0.333. The van der Waals surface area contributed by atoms with Gasteiger partial charge in [0.2, 0.25) is 10.0 Å². The van der Waals surface area contributed by atoms with Gasteiger partial charge in [-0.15, -0.1) is 0 Å². The highest BCUT2D eigenvalue weighted by Gasteiger charge is 2.10. The minimum atomic E-state index is -3.34. The summed E-state index contributed by atoms with van der Waals surface area (Å²) in [6.07, 6.45) is -2.53. The first-order valence-electron chi connectivity index (χ1n) is 4.23. The molecule has 0 aliphatic carbocycles. The van der Waals surface area contributed by atoms with Crippen molar-refractivity contribution in [3.63, 3.8) is 0 Å². The molecule has 0 amide bonds. The standard InChI is InChI=1S/C9H11F2NO2S/c1-12-15(13,14)6-7-2-4-8(5-3-7)9(10)11/h2-5,9,12H,6H2,1H3. The van der Waals surface area contributed by atoms with E-state index in [9.17, 15) is 17.2 Å². The van der Waals surface area contributed by atoms with Crippen LogP contribution in [-0.2, 0) is 15.8 Å². The van der Waals surface area contributed by atoms with Gasteiger partial charge in [0.25, 0.3) is 6.43 Å². The normalized spacial score (nSPS) is 12.0. The van der Waals surface area contributed by atoms with Gasteiger partial charge in [-0.3, -0.25) is 0 Å². The summed E-state index contributed by atoms with van der Waals surface area (Å²) in [6, 6.07) is 5.23. The van der Waals surface area contributed by atoms with E-state index in [-0.39, 0.29) is 11.3 Å². The van der Waals surface area contributed by atoms with Gasteiger partial charge in [0, 0.05) is 5.56 Å². The maximum absolute atomic E-state index is 12.2. The molecule has 0 spiro atoms. The average molecular weight is 235 g/mol. The number of hydrogen-bond donors (Lipinski definition) is 1. The van der Waals surface area contributed by atoms with E-state index < -0.39 is 16.4 Å². The van der Waals surface area contributed by atoms with Crippen molar-refractivity contribution in [3.05, 3.63) is 35.4 Å². The quantitative estimate of drug-likeness (QED) is 0.863. The molecule has 6 heteroatoms. The van der Waals surface area contributed by atoms with E-state index in [1.54, 1.807) is 0 Å². The summed E-state index contributed by atoms with van der Waals surface area (Å²) in [4.78, 5) is 0. The van der Waals surface area contributed by atoms with E-state index in [1.807, 2.05) is 0 Å². The average Bonchev–Trinajstić information content (AvgIpc) is 2.18. The van der Waals surface area contributed by atoms with Crippen LogP contribution >= 0.6 is 0 Å². The van der Waals surface area contributed by atoms with E-state index in [4.69, 9.17) is 0 Å². The minimum absolute atomic E-state index is 0.111. The molecule has 0 atom stereocenters. The SMILES string of the molecule is CNS(=O)(=O)Cc1ccc(C(F)F)cc1. The third kappa shape index (κ3) is 3.56. The zero-order valence-electron chi connectivity index (χ0n) is 8.07. The lowest BCUT2D eigenvalue weighted by Crippen LogP contribution is -2.20. The second-order valence-corrected chi connectivity index (χ2v) is 4.93. The molecule has 0 unspecified atom stereocenters. The van der Waals surface area contributed by atoms with Crippen molar-refractivity contribution in [1.29, 1.82) is 0 Å². The fourth-order valence-electron chi connectivity index (χ4n) is 1.05. The van der Waals surface area contributed by atoms with Gasteiger partial charge in [0.05, 0.1) is 5.75 Å². The summed E-state index contributed by atoms with van der Waals surface area (Å²) in [5.74, 6) is -0.201. The lowest BCUT2D eigenvalue weighted by molar-refractivity contribution is 0.151. The zero-order chi connectivity index (χ0) is 11.5. The van der Waals surface area contributed by atoms with Crippen LogP contribution in [0, 0.1) is 0 Å². The third-order valence-corrected chi connectivity index (χ3v) is 3.23. The molecule has 1 aromatic carbocycles. The van der Waals surface area contributed by atoms with Crippen molar-refractivity contribution in [3.8, 4) is 0 Å². The molecule has 84 valence electrons. The van der Waals surface area contributed by atoms with Crippen molar-refractivity contribution in [2.75, 3.05) is 7.05 Å². The highest BCUT2D eigenvalue weighted by molar-refractivity contribution is 7.88. The van der Waals surface area contributed by atoms with Gasteiger partial charge >= 0.3 is 0 Å². The Bertz CT molecular complexity index is 414. The first kappa shape index (κ1) is 12.1. The fourth-order valence-corrected chi connectivity index (χ4v) is 1.83. The van der Waals surface area contributed by atoms with E-state index in [2.05, 4.69) is 4.72 Å². The lowest BCUT2D eigenvalue weighted by Gasteiger charge is -2.04. The van der Waals surface area contributed by atoms with Gasteiger partial charge in [-0.1, -0.05) is 24.3 Å². The monoisotopic (exact) mass is 235 g/mol. The predicted molar refractivity (Wildman–Crippen MR) is 53.1 cm³/mol. The third-order valence-electron chi connectivity index (χ3n) is 1.90. The van der Waals surface area contributed by atoms with Crippen molar-refractivity contribution < 1.29 is 17.2 Å². The smallest absolute Gasteiger partial charge is 0.218 e. The lowest BCUT2D eigenvalue weighted by atomic mass is 10.2. The molecule has 0 aliphatic heterocycles. The largest absolute Gasteiger partial charge is 0.263 e. The topological polar surface area (TPSA) is 46.2 Å². The van der Waals surface area contributed by atoms with E-state index >= 15 is 0 Å². The Kier molecular flexibility index (Phi) is 3.76. The molecule has 0 bridgehead atoms. The number of halogens is 2. The molecule has 1 aromatic rings. The Hall–Kier alpha value is -1.01. The van der Waals surface area contributed by atoms with Crippen LogP contribution in [0.4, 0.5) is 8.78 Å². The summed E-state index contributed by atoms with van der Waals surface area (Å²) in [5.41, 5.74) is 0.370. The molecule has 0 radical (unpaired) electrons. The molecule has 1 rings (SSSR count). The molecular weight excluding hydrogens is 224 g/mol. The second kappa shape index (κ2) is 4.67. The molecule has 0 aliphatic rings. The molecule has 0 aromatic heterocycles. The first-order valence-corrected chi connectivity index (χ1v) is 5.88. The Balaban J connectivity index is 2.82. The van der Waals surface area contributed by atoms with Crippen molar-refractivity contribution in [2.45, 2.75) is 12.2 Å². The Labute approximate surface area is 87.2 Å². The highest BCUT2D eigenvalue weighted by atomic mass is 32.2. The second-order valence-electron chi connectivity index (χ2n) is 3.01. The predicted octanol–water partition coefficient (Wildman–Crippen LogP) is 1.67. The van der Waals surface area contributed by atoms with Crippen LogP contribution in [0.25, 0.3) is 0 Å². The summed E-state index contributed by atoms with van der Waals surface area (Å²) in [6.45, 7) is 0. The Morgan fingerprint density at radius 3 is 2.20 bits per heavy atom. The maximum atomic E-state index is 12.2. The van der Waals surface area contributed by atoms with Crippen LogP contribution < -0.4 is 4.72 Å². The van der Waals surface area contributed by atoms with E-state index in [1.165, 1.54) is 31.3 Å². The molecule has 1 N–H and O–H groups in total. The van der Waals surface area contributed by atoms with Gasteiger partial charge in [0.1, 0.15) is 0 Å². The molecular formula is C9H11F2NO2S. The molecule has 15 heavy (non-hydrogen) atoms. The van der Waals surface area contributed by atoms with Crippen LogP contribution in [0.1, 0.15) is 17.6 Å². The zero-order valence-corrected chi connectivity index (χ0v) is 8.89. The van der Waals surface area contributed by atoms with Crippen molar-refractivity contribution in [1.82, 2.24) is 4.72 Å². The summed E-state index contributed by atoms with van der Waals surface area (Å²) in [7, 11) is -2.03. The number of benzene rings is 1. The van der Waals surface area contributed by atoms with Crippen LogP contribution in [0.2, 0.25) is 0 Å². The number of alkyl halides is 2. The number of sulfonamides is 1. The van der Waals surface area contributed by atoms with Gasteiger partial charge in [-0.2, -0.15) is 0 Å². The van der Waals surface area contributed by atoms with Gasteiger partial charge in [0.15, 0.2) is 0 Å². The molecule has 3 nitrogen and oxygen atoms in total. The first-order chi connectivity index (χ1) is 6.94. The van der Waals surface area contributed by atoms with Crippen LogP contribution in [0.5, 0.6) is 0 Å². The summed E-state index contributed by atoms with van der Waals surface area (Å²) >= 11 is 0. The summed E-state index contributed by atoms with van der Waals surface area (Å²) in [5, 5.41) is 0. The van der Waals surface area contributed by atoms with E-state index in [0.717, 1.165) is 0 Å². The highest BCUT2D eigenvalue weighted by Crippen LogP contribution is 2.19. The van der Waals surface area contributed by atoms with Crippen LogP contribution in [-0.4, -0.2) is 15.5 Å². The number of hydrogen-bond acceptors (Lipinski definition) is 2. The maximum Gasteiger partial charge on any atom is 0.263 e. The van der Waals surface area contributed by atoms with Crippen LogP contribution in [0.15, 0.2) is 24.3 Å². The number of rotatable bonds is 4. The van der Waals surface area contributed by atoms with Crippen molar-refractivity contribution >= 4 is 10.0 Å². The molecule has 0 saturated carbocycles. The van der Waals surface area contributed by atoms with E-state index in [0.29, 0.717) is 5.56 Å². The van der Waals surface area contributed by atoms with Crippen molar-refractivity contribution in [2.24, 2.45) is 0 Å². The van der Waals surface area contributed by atoms with Gasteiger partial charge < -0.3 is 0 Å². The Morgan fingerprint density at radius 1 is 1.27 bits per heavy atom. The summed E-state index contributed by atoms with van der Waals surface area (Å²) < 4.78 is 48.8. The van der Waals surface area contributed by atoms with Gasteiger partial charge in [-0.05, 0) is 12.6 Å². The molecule has 0 fully saturated rings. The Morgan fingerprint density at radius 2 is 1.80 bits per heavy atom. The molecule has 0 saturated heterocycles. The van der Waals surface area contributed by atoms with Crippen LogP contribution in [0.3, 0.4) is 0 Å². The van der Waals surface area contributed by atoms with Gasteiger partial charge in [-0.25, -0.2) is 21.9 Å². The minimum Gasteiger partial charge on any atom is -0.218 e.